The van der Waals surface area contributed by atoms with Crippen molar-refractivity contribution in [1.82, 2.24) is 10.2 Å². The third-order valence-corrected chi connectivity index (χ3v) is 4.15. The summed E-state index contributed by atoms with van der Waals surface area (Å²) in [5.74, 6) is 0.0362. The molecule has 0 saturated carbocycles. The Morgan fingerprint density at radius 1 is 1.29 bits per heavy atom. The lowest BCUT2D eigenvalue weighted by Gasteiger charge is -2.36. The molecule has 1 aliphatic rings. The van der Waals surface area contributed by atoms with Crippen molar-refractivity contribution in [3.63, 3.8) is 0 Å². The number of amides is 3. The van der Waals surface area contributed by atoms with Crippen LogP contribution < -0.4 is 11.1 Å². The summed E-state index contributed by atoms with van der Waals surface area (Å²) >= 11 is 0. The van der Waals surface area contributed by atoms with Crippen molar-refractivity contribution in [2.45, 2.75) is 39.2 Å². The molecule has 1 saturated heterocycles. The number of hydrogen-bond donors (Lipinski definition) is 2. The number of nitrogens with two attached hydrogens (primary N) is 1. The van der Waals surface area contributed by atoms with Crippen LogP contribution in [0.2, 0.25) is 0 Å². The van der Waals surface area contributed by atoms with Crippen molar-refractivity contribution in [2.24, 2.45) is 5.73 Å². The third-order valence-electron chi connectivity index (χ3n) is 4.15. The van der Waals surface area contributed by atoms with Gasteiger partial charge in [-0.15, -0.1) is 0 Å². The fourth-order valence-electron chi connectivity index (χ4n) is 2.74. The van der Waals surface area contributed by atoms with Crippen LogP contribution in [0.4, 0.5) is 4.79 Å². The highest BCUT2D eigenvalue weighted by molar-refractivity contribution is 5.94. The lowest BCUT2D eigenvalue weighted by atomic mass is 9.99. The number of primary amides is 1. The van der Waals surface area contributed by atoms with E-state index in [4.69, 9.17) is 5.73 Å². The molecule has 0 bridgehead atoms. The number of nitrogens with zero attached hydrogens (tertiary/aromatic N) is 1. The fourth-order valence-corrected chi connectivity index (χ4v) is 2.74. The van der Waals surface area contributed by atoms with Crippen LogP contribution in [-0.4, -0.2) is 36.0 Å². The first-order valence-corrected chi connectivity index (χ1v) is 7.40. The van der Waals surface area contributed by atoms with E-state index in [1.807, 2.05) is 36.9 Å². The Hall–Kier alpha value is -2.04. The average Bonchev–Trinajstić information content (AvgIpc) is 2.47. The Balaban J connectivity index is 2.13. The van der Waals surface area contributed by atoms with Gasteiger partial charge in [-0.05, 0) is 56.4 Å². The molecular weight excluding hydrogens is 266 g/mol. The van der Waals surface area contributed by atoms with Crippen molar-refractivity contribution in [3.05, 3.63) is 34.9 Å². The van der Waals surface area contributed by atoms with E-state index in [-0.39, 0.29) is 11.9 Å². The van der Waals surface area contributed by atoms with Gasteiger partial charge in [0, 0.05) is 24.7 Å². The minimum atomic E-state index is -0.542. The Morgan fingerprint density at radius 2 is 2.05 bits per heavy atom. The number of benzene rings is 1. The van der Waals surface area contributed by atoms with Gasteiger partial charge in [0.05, 0.1) is 0 Å². The van der Waals surface area contributed by atoms with Crippen molar-refractivity contribution in [3.8, 4) is 0 Å². The zero-order valence-corrected chi connectivity index (χ0v) is 12.7. The largest absolute Gasteiger partial charge is 0.352 e. The van der Waals surface area contributed by atoms with Gasteiger partial charge in [-0.2, -0.15) is 0 Å². The molecular formula is C16H23N3O2. The molecule has 114 valence electrons. The quantitative estimate of drug-likeness (QED) is 0.892. The summed E-state index contributed by atoms with van der Waals surface area (Å²) in [5, 5.41) is 2.62. The van der Waals surface area contributed by atoms with Crippen molar-refractivity contribution >= 4 is 11.9 Å². The average molecular weight is 289 g/mol. The minimum Gasteiger partial charge on any atom is -0.352 e. The van der Waals surface area contributed by atoms with Gasteiger partial charge in [0.25, 0.3) is 5.91 Å². The number of carbonyl (C=O) groups is 2. The first-order chi connectivity index (χ1) is 9.99. The summed E-state index contributed by atoms with van der Waals surface area (Å²) in [5.41, 5.74) is 8.13. The fraction of sp³-hybridized carbons (Fsp3) is 0.500. The molecule has 1 atom stereocenters. The Bertz CT molecular complexity index is 542. The van der Waals surface area contributed by atoms with Crippen molar-refractivity contribution in [2.75, 3.05) is 13.1 Å². The molecule has 1 aromatic rings. The number of hydrogen-bond acceptors (Lipinski definition) is 2. The van der Waals surface area contributed by atoms with Crippen LogP contribution in [0.5, 0.6) is 0 Å². The number of nitrogens with one attached hydrogen (secondary N) is 1. The van der Waals surface area contributed by atoms with E-state index in [9.17, 15) is 9.59 Å². The lowest BCUT2D eigenvalue weighted by Crippen LogP contribution is -2.50. The number of urea groups is 1. The van der Waals surface area contributed by atoms with Crippen LogP contribution in [0.3, 0.4) is 0 Å². The number of rotatable bonds is 3. The lowest BCUT2D eigenvalue weighted by molar-refractivity contribution is 0.0615. The molecule has 0 aliphatic carbocycles. The van der Waals surface area contributed by atoms with E-state index in [2.05, 4.69) is 5.32 Å². The van der Waals surface area contributed by atoms with Gasteiger partial charge in [-0.25, -0.2) is 4.79 Å². The zero-order chi connectivity index (χ0) is 15.4. The zero-order valence-electron chi connectivity index (χ0n) is 12.7. The van der Waals surface area contributed by atoms with E-state index in [1.165, 1.54) is 5.56 Å². The second-order valence-corrected chi connectivity index (χ2v) is 5.69. The topological polar surface area (TPSA) is 75.4 Å². The Labute approximate surface area is 125 Å². The SMILES string of the molecule is Cc1ccc(C(=O)N2CCCC[C@@H]2CNC(N)=O)cc1C. The first kappa shape index (κ1) is 15.4. The molecule has 0 aromatic heterocycles. The smallest absolute Gasteiger partial charge is 0.312 e. The summed E-state index contributed by atoms with van der Waals surface area (Å²) < 4.78 is 0. The highest BCUT2D eigenvalue weighted by Gasteiger charge is 2.27. The molecule has 3 amide bonds. The van der Waals surface area contributed by atoms with E-state index < -0.39 is 6.03 Å². The van der Waals surface area contributed by atoms with Crippen LogP contribution >= 0.6 is 0 Å². The molecule has 1 fully saturated rings. The van der Waals surface area contributed by atoms with E-state index in [0.717, 1.165) is 31.4 Å². The van der Waals surface area contributed by atoms with Gasteiger partial charge in [0.1, 0.15) is 0 Å². The molecule has 0 spiro atoms. The normalized spacial score (nSPS) is 18.4. The molecule has 1 aliphatic heterocycles. The molecule has 3 N–H and O–H groups in total. The summed E-state index contributed by atoms with van der Waals surface area (Å²) in [6.07, 6.45) is 2.97. The minimum absolute atomic E-state index is 0.0281. The summed E-state index contributed by atoms with van der Waals surface area (Å²) in [6, 6.07) is 5.27. The van der Waals surface area contributed by atoms with E-state index in [1.54, 1.807) is 0 Å². The Kier molecular flexibility index (Phi) is 4.83. The first-order valence-electron chi connectivity index (χ1n) is 7.40. The predicted molar refractivity (Wildman–Crippen MR) is 82.2 cm³/mol. The standard InChI is InChI=1S/C16H23N3O2/c1-11-6-7-13(9-12(11)2)15(20)19-8-4-3-5-14(19)10-18-16(17)21/h6-7,9,14H,3-5,8,10H2,1-2H3,(H3,17,18,21)/t14-/m1/s1. The van der Waals surface area contributed by atoms with E-state index >= 15 is 0 Å². The van der Waals surface area contributed by atoms with Crippen molar-refractivity contribution < 1.29 is 9.59 Å². The monoisotopic (exact) mass is 289 g/mol. The van der Waals surface area contributed by atoms with E-state index in [0.29, 0.717) is 12.1 Å². The second kappa shape index (κ2) is 6.61. The molecule has 5 heteroatoms. The number of piperidine rings is 1. The predicted octanol–water partition coefficient (Wildman–Crippen LogP) is 1.97. The summed E-state index contributed by atoms with van der Waals surface area (Å²) in [4.78, 5) is 25.4. The summed E-state index contributed by atoms with van der Waals surface area (Å²) in [6.45, 7) is 5.20. The number of aryl methyl sites for hydroxylation is 2. The third kappa shape index (κ3) is 3.74. The van der Waals surface area contributed by atoms with Crippen LogP contribution in [0, 0.1) is 13.8 Å². The molecule has 1 heterocycles. The molecule has 5 nitrogen and oxygen atoms in total. The van der Waals surface area contributed by atoms with Gasteiger partial charge in [0.2, 0.25) is 0 Å². The maximum atomic E-state index is 12.7. The number of likely N-dealkylation sites (tertiary alicyclic amines) is 1. The van der Waals surface area contributed by atoms with Crippen LogP contribution in [0.15, 0.2) is 18.2 Å². The van der Waals surface area contributed by atoms with Crippen molar-refractivity contribution in [1.29, 1.82) is 0 Å². The maximum Gasteiger partial charge on any atom is 0.312 e. The van der Waals surface area contributed by atoms with Crippen LogP contribution in [0.25, 0.3) is 0 Å². The molecule has 2 rings (SSSR count). The van der Waals surface area contributed by atoms with Crippen LogP contribution in [0.1, 0.15) is 40.7 Å². The molecule has 0 unspecified atom stereocenters. The van der Waals surface area contributed by atoms with Crippen LogP contribution in [-0.2, 0) is 0 Å². The maximum absolute atomic E-state index is 12.7. The van der Waals surface area contributed by atoms with Gasteiger partial charge in [-0.1, -0.05) is 6.07 Å². The van der Waals surface area contributed by atoms with Gasteiger partial charge in [-0.3, -0.25) is 4.79 Å². The highest BCUT2D eigenvalue weighted by atomic mass is 16.2. The highest BCUT2D eigenvalue weighted by Crippen LogP contribution is 2.20. The summed E-state index contributed by atoms with van der Waals surface area (Å²) in [7, 11) is 0. The van der Waals surface area contributed by atoms with Gasteiger partial charge in [0.15, 0.2) is 0 Å². The molecule has 1 aromatic carbocycles. The molecule has 0 radical (unpaired) electrons. The Morgan fingerprint density at radius 3 is 2.71 bits per heavy atom. The molecule has 21 heavy (non-hydrogen) atoms. The number of carbonyl (C=O) groups excluding carboxylic acids is 2. The van der Waals surface area contributed by atoms with Gasteiger partial charge < -0.3 is 16.0 Å². The van der Waals surface area contributed by atoms with Gasteiger partial charge >= 0.3 is 6.03 Å². The second-order valence-electron chi connectivity index (χ2n) is 5.69.